The Bertz CT molecular complexity index is 1450. The minimum Gasteiger partial charge on any atom is -0.445 e. The molecule has 4 saturated heterocycles. The molecule has 0 aromatic heterocycles. The fourth-order valence-electron chi connectivity index (χ4n) is 8.07. The van der Waals surface area contributed by atoms with Gasteiger partial charge in [0.15, 0.2) is 0 Å². The van der Waals surface area contributed by atoms with E-state index in [1.54, 1.807) is 4.90 Å². The molecule has 4 fully saturated rings. The maximum atomic E-state index is 13.3. The molecule has 3 amide bonds. The van der Waals surface area contributed by atoms with Crippen molar-refractivity contribution in [3.63, 3.8) is 0 Å². The Kier molecular flexibility index (Phi) is 16.0. The Morgan fingerprint density at radius 2 is 1.13 bits per heavy atom. The number of nitrogens with one attached hydrogen (secondary N) is 1. The van der Waals surface area contributed by atoms with E-state index in [4.69, 9.17) is 14.2 Å². The second kappa shape index (κ2) is 20.9. The lowest BCUT2D eigenvalue weighted by Crippen LogP contribution is -2.57. The first-order valence-electron chi connectivity index (χ1n) is 20.5. The van der Waals surface area contributed by atoms with Gasteiger partial charge >= 0.3 is 18.3 Å². The van der Waals surface area contributed by atoms with Crippen molar-refractivity contribution in [1.82, 2.24) is 29.8 Å². The van der Waals surface area contributed by atoms with Gasteiger partial charge in [-0.25, -0.2) is 14.4 Å². The predicted molar refractivity (Wildman–Crippen MR) is 215 cm³/mol. The maximum Gasteiger partial charge on any atom is 0.410 e. The van der Waals surface area contributed by atoms with E-state index in [1.807, 2.05) is 91.2 Å². The second-order valence-corrected chi connectivity index (χ2v) is 16.7. The predicted octanol–water partition coefficient (Wildman–Crippen LogP) is 6.59. The number of rotatable bonds is 8. The summed E-state index contributed by atoms with van der Waals surface area (Å²) in [6.07, 6.45) is 7.07. The van der Waals surface area contributed by atoms with E-state index in [0.717, 1.165) is 102 Å². The number of hydrogen-bond donors (Lipinski definition) is 1. The number of benzene rings is 2. The van der Waals surface area contributed by atoms with Crippen LogP contribution in [0.2, 0.25) is 0 Å². The highest BCUT2D eigenvalue weighted by Gasteiger charge is 2.38. The smallest absolute Gasteiger partial charge is 0.410 e. The van der Waals surface area contributed by atoms with E-state index in [1.165, 1.54) is 0 Å². The van der Waals surface area contributed by atoms with Crippen LogP contribution in [0.25, 0.3) is 0 Å². The molecule has 0 aliphatic carbocycles. The molecule has 1 N–H and O–H groups in total. The largest absolute Gasteiger partial charge is 0.445 e. The number of carbonyl (C=O) groups excluding carboxylic acids is 3. The summed E-state index contributed by atoms with van der Waals surface area (Å²) in [5, 5.41) is 3.43. The van der Waals surface area contributed by atoms with Gasteiger partial charge in [-0.15, -0.1) is 0 Å². The summed E-state index contributed by atoms with van der Waals surface area (Å²) >= 11 is 0. The van der Waals surface area contributed by atoms with Crippen LogP contribution in [0, 0.1) is 0 Å². The fourth-order valence-corrected chi connectivity index (χ4v) is 8.07. The van der Waals surface area contributed by atoms with Gasteiger partial charge in [0.05, 0.1) is 6.04 Å². The topological polar surface area (TPSA) is 107 Å². The molecule has 0 spiro atoms. The molecule has 2 aromatic carbocycles. The van der Waals surface area contributed by atoms with Crippen molar-refractivity contribution in [3.05, 3.63) is 71.8 Å². The third kappa shape index (κ3) is 13.4. The van der Waals surface area contributed by atoms with Crippen molar-refractivity contribution < 1.29 is 28.6 Å². The number of piperidine rings is 4. The molecule has 12 nitrogen and oxygen atoms in total. The Morgan fingerprint density at radius 1 is 0.655 bits per heavy atom. The van der Waals surface area contributed by atoms with Crippen LogP contribution in [0.3, 0.4) is 0 Å². The van der Waals surface area contributed by atoms with Crippen molar-refractivity contribution in [2.75, 3.05) is 66.5 Å². The number of likely N-dealkylation sites (tertiary alicyclic amines) is 3. The first-order valence-corrected chi connectivity index (χ1v) is 20.5. The molecule has 6 rings (SSSR count). The molecule has 0 unspecified atom stereocenters. The second-order valence-electron chi connectivity index (χ2n) is 16.7. The first-order chi connectivity index (χ1) is 26.5. The van der Waals surface area contributed by atoms with Gasteiger partial charge in [-0.2, -0.15) is 0 Å². The first kappa shape index (κ1) is 42.3. The summed E-state index contributed by atoms with van der Waals surface area (Å²) in [6.45, 7) is 13.3. The molecule has 0 bridgehead atoms. The maximum absolute atomic E-state index is 13.3. The van der Waals surface area contributed by atoms with Crippen molar-refractivity contribution in [2.24, 2.45) is 0 Å². The molecule has 2 aromatic rings. The van der Waals surface area contributed by atoms with E-state index in [0.29, 0.717) is 25.7 Å². The van der Waals surface area contributed by atoms with Crippen LogP contribution in [0.4, 0.5) is 14.4 Å². The van der Waals surface area contributed by atoms with E-state index in [2.05, 4.69) is 29.2 Å². The normalized spacial score (nSPS) is 21.8. The molecule has 4 heterocycles. The summed E-state index contributed by atoms with van der Waals surface area (Å²) in [5.41, 5.74) is 1.47. The van der Waals surface area contributed by atoms with E-state index in [9.17, 15) is 14.4 Å². The lowest BCUT2D eigenvalue weighted by Gasteiger charge is -2.44. The summed E-state index contributed by atoms with van der Waals surface area (Å²) in [5.74, 6) is 0. The number of hydrogen-bond acceptors (Lipinski definition) is 9. The lowest BCUT2D eigenvalue weighted by molar-refractivity contribution is -0.00241. The van der Waals surface area contributed by atoms with Crippen LogP contribution < -0.4 is 5.32 Å². The molecule has 4 aliphatic heterocycles. The van der Waals surface area contributed by atoms with Crippen LogP contribution >= 0.6 is 0 Å². The highest BCUT2D eigenvalue weighted by Crippen LogP contribution is 2.27. The Balaban J connectivity index is 0.000000218. The minimum absolute atomic E-state index is 0.0575. The summed E-state index contributed by atoms with van der Waals surface area (Å²) in [6, 6.07) is 20.3. The molecule has 0 radical (unpaired) electrons. The van der Waals surface area contributed by atoms with Crippen molar-refractivity contribution in [2.45, 2.75) is 115 Å². The van der Waals surface area contributed by atoms with E-state index in [-0.39, 0.29) is 43.0 Å². The Morgan fingerprint density at radius 3 is 1.58 bits per heavy atom. The van der Waals surface area contributed by atoms with Crippen LogP contribution in [-0.2, 0) is 27.4 Å². The van der Waals surface area contributed by atoms with Gasteiger partial charge in [-0.05, 0) is 130 Å². The summed E-state index contributed by atoms with van der Waals surface area (Å²) < 4.78 is 17.0. The number of nitrogens with zero attached hydrogens (tertiary/aromatic N) is 5. The Hall–Kier alpha value is -3.87. The van der Waals surface area contributed by atoms with Gasteiger partial charge in [-0.1, -0.05) is 60.7 Å². The fraction of sp³-hybridized carbons (Fsp3) is 0.651. The zero-order valence-electron chi connectivity index (χ0n) is 34.0. The molecule has 4 aliphatic rings. The lowest BCUT2D eigenvalue weighted by atomic mass is 9.98. The summed E-state index contributed by atoms with van der Waals surface area (Å²) in [7, 11) is 4.26. The number of carbonyl (C=O) groups is 3. The molecule has 12 heteroatoms. The number of amides is 3. The quantitative estimate of drug-likeness (QED) is 0.298. The van der Waals surface area contributed by atoms with Crippen molar-refractivity contribution in [3.8, 4) is 0 Å². The average Bonchev–Trinajstić information content (AvgIpc) is 3.19. The molecular formula is C43H66N6O6. The van der Waals surface area contributed by atoms with Crippen molar-refractivity contribution >= 4 is 18.3 Å². The van der Waals surface area contributed by atoms with Gasteiger partial charge < -0.3 is 44.0 Å². The van der Waals surface area contributed by atoms with Crippen LogP contribution in [0.1, 0.15) is 83.3 Å². The van der Waals surface area contributed by atoms with Gasteiger partial charge in [0.1, 0.15) is 18.8 Å². The van der Waals surface area contributed by atoms with Crippen molar-refractivity contribution in [1.29, 1.82) is 0 Å². The molecule has 304 valence electrons. The zero-order valence-corrected chi connectivity index (χ0v) is 34.0. The third-order valence-electron chi connectivity index (χ3n) is 11.1. The van der Waals surface area contributed by atoms with Gasteiger partial charge in [0.25, 0.3) is 0 Å². The molecule has 55 heavy (non-hydrogen) atoms. The summed E-state index contributed by atoms with van der Waals surface area (Å²) in [4.78, 5) is 49.1. The number of ether oxygens (including phenoxy) is 3. The minimum atomic E-state index is -0.535. The highest BCUT2D eigenvalue weighted by atomic mass is 16.6. The average molecular weight is 763 g/mol. The third-order valence-corrected chi connectivity index (χ3v) is 11.1. The van der Waals surface area contributed by atoms with E-state index < -0.39 is 5.60 Å². The standard InChI is InChI=1S/C24H37N3O4.C19H29N3O2/c1-24(2,3)31-22(28)26-14-8-11-21(17-26)27(20-12-15-25(4)16-13-20)23(29)30-18-19-9-6-5-7-10-19;1-21-12-9-17(10-13-21)22(18-8-5-11-20-14-18)19(23)24-15-16-6-3-2-4-7-16/h5-7,9-10,20-21H,8,11-18H2,1-4H3;2-4,6-7,17-18,20H,5,8-15H2,1H3/t21-;18-/m00/s1. The van der Waals surface area contributed by atoms with E-state index >= 15 is 0 Å². The van der Waals surface area contributed by atoms with Gasteiger partial charge in [0.2, 0.25) is 0 Å². The van der Waals surface area contributed by atoms with Crippen LogP contribution in [-0.4, -0.2) is 139 Å². The SMILES string of the molecule is CN1CCC(N(C(=O)OCc2ccccc2)[C@H]2CCCN(C(=O)OC(C)(C)C)C2)CC1.CN1CCC(N(C(=O)OCc2ccccc2)[C@H]2CCCNC2)CC1. The molecular weight excluding hydrogens is 697 g/mol. The zero-order chi connectivity index (χ0) is 39.2. The molecule has 0 saturated carbocycles. The monoisotopic (exact) mass is 763 g/mol. The Labute approximate surface area is 329 Å². The molecule has 2 atom stereocenters. The van der Waals surface area contributed by atoms with Crippen LogP contribution in [0.15, 0.2) is 60.7 Å². The van der Waals surface area contributed by atoms with Crippen LogP contribution in [0.5, 0.6) is 0 Å². The van der Waals surface area contributed by atoms with Gasteiger partial charge in [0, 0.05) is 37.8 Å². The highest BCUT2D eigenvalue weighted by molar-refractivity contribution is 5.70. The van der Waals surface area contributed by atoms with Gasteiger partial charge in [-0.3, -0.25) is 0 Å².